The van der Waals surface area contributed by atoms with Crippen molar-refractivity contribution in [2.75, 3.05) is 45.6 Å². The molecular formula is C13H24N2O5S. The van der Waals surface area contributed by atoms with Crippen LogP contribution in [-0.4, -0.2) is 80.4 Å². The van der Waals surface area contributed by atoms with Crippen LogP contribution in [0.2, 0.25) is 0 Å². The number of unbranched alkanes of at least 4 members (excludes halogenated alkanes) is 1. The number of aliphatic carboxylic acids is 1. The Kier molecular flexibility index (Phi) is 7.30. The van der Waals surface area contributed by atoms with Gasteiger partial charge in [0.1, 0.15) is 6.54 Å². The second-order valence-electron chi connectivity index (χ2n) is 5.17. The molecule has 7 nitrogen and oxygen atoms in total. The maximum absolute atomic E-state index is 11.6. The zero-order chi connectivity index (χ0) is 15.9. The first-order valence-electron chi connectivity index (χ1n) is 6.94. The van der Waals surface area contributed by atoms with Crippen molar-refractivity contribution in [2.24, 2.45) is 0 Å². The maximum Gasteiger partial charge on any atom is 0.318 e. The van der Waals surface area contributed by atoms with E-state index in [4.69, 9.17) is 9.84 Å². The van der Waals surface area contributed by atoms with Crippen LogP contribution in [0.15, 0.2) is 12.7 Å². The summed E-state index contributed by atoms with van der Waals surface area (Å²) < 4.78 is 29.7. The number of hydrogen-bond acceptors (Lipinski definition) is 5. The van der Waals surface area contributed by atoms with Gasteiger partial charge in [-0.15, -0.1) is 6.58 Å². The van der Waals surface area contributed by atoms with Gasteiger partial charge in [0.25, 0.3) is 0 Å². The predicted octanol–water partition coefficient (Wildman–Crippen LogP) is -0.000400. The van der Waals surface area contributed by atoms with Crippen molar-refractivity contribution in [3.8, 4) is 0 Å². The molecule has 1 fully saturated rings. The van der Waals surface area contributed by atoms with Gasteiger partial charge in [-0.1, -0.05) is 6.08 Å². The Bertz CT molecular complexity index is 451. The van der Waals surface area contributed by atoms with Crippen LogP contribution in [0.5, 0.6) is 0 Å². The lowest BCUT2D eigenvalue weighted by molar-refractivity contribution is -0.137. The number of carbonyl (C=O) groups is 1. The van der Waals surface area contributed by atoms with E-state index in [-0.39, 0.29) is 12.6 Å². The fourth-order valence-electron chi connectivity index (χ4n) is 2.25. The highest BCUT2D eigenvalue weighted by atomic mass is 32.2. The number of rotatable bonds is 9. The predicted molar refractivity (Wildman–Crippen MR) is 79.7 cm³/mol. The van der Waals surface area contributed by atoms with Gasteiger partial charge < -0.3 is 9.84 Å². The molecule has 8 heteroatoms. The summed E-state index contributed by atoms with van der Waals surface area (Å²) in [5, 5.41) is 8.81. The Morgan fingerprint density at radius 2 is 2.29 bits per heavy atom. The zero-order valence-corrected chi connectivity index (χ0v) is 13.2. The van der Waals surface area contributed by atoms with Gasteiger partial charge >= 0.3 is 5.97 Å². The minimum atomic E-state index is -3.56. The average Bonchev–Trinajstić information content (AvgIpc) is 2.37. The van der Waals surface area contributed by atoms with Crippen LogP contribution in [0.1, 0.15) is 12.8 Å². The SMILES string of the molecule is C=CCCCN1CCOC(CN(CC(=O)O)S(C)(=O)=O)C1. The normalized spacial score (nSPS) is 20.6. The van der Waals surface area contributed by atoms with E-state index in [1.54, 1.807) is 0 Å². The Labute approximate surface area is 126 Å². The molecule has 0 amide bonds. The maximum atomic E-state index is 11.6. The first kappa shape index (κ1) is 18.1. The Balaban J connectivity index is 2.54. The lowest BCUT2D eigenvalue weighted by atomic mass is 10.2. The molecule has 1 saturated heterocycles. The average molecular weight is 320 g/mol. The monoisotopic (exact) mass is 320 g/mol. The third-order valence-corrected chi connectivity index (χ3v) is 4.51. The molecule has 0 aromatic carbocycles. The molecule has 0 aliphatic carbocycles. The molecule has 0 spiro atoms. The highest BCUT2D eigenvalue weighted by Crippen LogP contribution is 2.10. The van der Waals surface area contributed by atoms with Crippen molar-refractivity contribution in [3.63, 3.8) is 0 Å². The van der Waals surface area contributed by atoms with Crippen molar-refractivity contribution >= 4 is 16.0 Å². The smallest absolute Gasteiger partial charge is 0.318 e. The number of hydrogen-bond donors (Lipinski definition) is 1. The highest BCUT2D eigenvalue weighted by molar-refractivity contribution is 7.88. The van der Waals surface area contributed by atoms with E-state index in [9.17, 15) is 13.2 Å². The molecule has 1 rings (SSSR count). The van der Waals surface area contributed by atoms with Crippen LogP contribution in [0.4, 0.5) is 0 Å². The number of carboxylic acid groups (broad SMARTS) is 1. The molecule has 0 saturated carbocycles. The summed E-state index contributed by atoms with van der Waals surface area (Å²) in [4.78, 5) is 13.0. The van der Waals surface area contributed by atoms with E-state index in [1.165, 1.54) is 0 Å². The first-order valence-corrected chi connectivity index (χ1v) is 8.79. The van der Waals surface area contributed by atoms with Crippen LogP contribution >= 0.6 is 0 Å². The zero-order valence-electron chi connectivity index (χ0n) is 12.4. The molecule has 0 aromatic heterocycles. The van der Waals surface area contributed by atoms with Crippen molar-refractivity contribution in [1.29, 1.82) is 0 Å². The van der Waals surface area contributed by atoms with Crippen LogP contribution in [0.3, 0.4) is 0 Å². The van der Waals surface area contributed by atoms with Gasteiger partial charge in [-0.3, -0.25) is 9.69 Å². The third kappa shape index (κ3) is 7.03. The summed E-state index contributed by atoms with van der Waals surface area (Å²) in [6, 6.07) is 0. The minimum absolute atomic E-state index is 0.0725. The summed E-state index contributed by atoms with van der Waals surface area (Å²) in [6.07, 6.45) is 4.53. The summed E-state index contributed by atoms with van der Waals surface area (Å²) in [5.41, 5.74) is 0. The van der Waals surface area contributed by atoms with Crippen molar-refractivity contribution in [1.82, 2.24) is 9.21 Å². The lowest BCUT2D eigenvalue weighted by Crippen LogP contribution is -2.49. The molecule has 1 N–H and O–H groups in total. The van der Waals surface area contributed by atoms with Gasteiger partial charge in [0, 0.05) is 19.6 Å². The summed E-state index contributed by atoms with van der Waals surface area (Å²) in [7, 11) is -3.56. The summed E-state index contributed by atoms with van der Waals surface area (Å²) in [5.74, 6) is -1.17. The third-order valence-electron chi connectivity index (χ3n) is 3.29. The second-order valence-corrected chi connectivity index (χ2v) is 7.16. The minimum Gasteiger partial charge on any atom is -0.480 e. The van der Waals surface area contributed by atoms with E-state index in [1.807, 2.05) is 6.08 Å². The van der Waals surface area contributed by atoms with E-state index in [2.05, 4.69) is 11.5 Å². The quantitative estimate of drug-likeness (QED) is 0.475. The van der Waals surface area contributed by atoms with E-state index >= 15 is 0 Å². The number of carboxylic acids is 1. The fraction of sp³-hybridized carbons (Fsp3) is 0.769. The molecule has 0 radical (unpaired) electrons. The second kappa shape index (κ2) is 8.47. The number of sulfonamides is 1. The standard InChI is InChI=1S/C13H24N2O5S/c1-3-4-5-6-14-7-8-20-12(9-14)10-15(11-13(16)17)21(2,18)19/h3,12H,1,4-11H2,2H3,(H,16,17). The molecule has 0 bridgehead atoms. The molecule has 1 aliphatic heterocycles. The first-order chi connectivity index (χ1) is 9.82. The van der Waals surface area contributed by atoms with E-state index < -0.39 is 22.5 Å². The fourth-order valence-corrected chi connectivity index (χ4v) is 3.03. The molecule has 1 atom stereocenters. The van der Waals surface area contributed by atoms with E-state index in [0.29, 0.717) is 13.2 Å². The van der Waals surface area contributed by atoms with Gasteiger partial charge in [0.15, 0.2) is 0 Å². The van der Waals surface area contributed by atoms with Crippen molar-refractivity contribution in [3.05, 3.63) is 12.7 Å². The van der Waals surface area contributed by atoms with Gasteiger partial charge in [0.05, 0.1) is 19.0 Å². The van der Waals surface area contributed by atoms with Crippen molar-refractivity contribution < 1.29 is 23.1 Å². The number of morpholine rings is 1. The van der Waals surface area contributed by atoms with Crippen LogP contribution in [0, 0.1) is 0 Å². The topological polar surface area (TPSA) is 87.2 Å². The van der Waals surface area contributed by atoms with Crippen LogP contribution in [-0.2, 0) is 19.6 Å². The van der Waals surface area contributed by atoms with E-state index in [0.717, 1.165) is 36.5 Å². The lowest BCUT2D eigenvalue weighted by Gasteiger charge is -2.34. The largest absolute Gasteiger partial charge is 0.480 e. The van der Waals surface area contributed by atoms with Gasteiger partial charge in [0.2, 0.25) is 10.0 Å². The molecular weight excluding hydrogens is 296 g/mol. The summed E-state index contributed by atoms with van der Waals surface area (Å²) in [6.45, 7) is 6.08. The Morgan fingerprint density at radius 3 is 2.86 bits per heavy atom. The van der Waals surface area contributed by atoms with Crippen LogP contribution < -0.4 is 0 Å². The molecule has 122 valence electrons. The number of ether oxygens (including phenoxy) is 1. The van der Waals surface area contributed by atoms with Gasteiger partial charge in [-0.2, -0.15) is 4.31 Å². The molecule has 21 heavy (non-hydrogen) atoms. The molecule has 1 unspecified atom stereocenters. The number of allylic oxidation sites excluding steroid dienone is 1. The van der Waals surface area contributed by atoms with Crippen LogP contribution in [0.25, 0.3) is 0 Å². The van der Waals surface area contributed by atoms with Gasteiger partial charge in [-0.05, 0) is 19.4 Å². The van der Waals surface area contributed by atoms with Gasteiger partial charge in [-0.25, -0.2) is 8.42 Å². The van der Waals surface area contributed by atoms with Crippen molar-refractivity contribution in [2.45, 2.75) is 18.9 Å². The number of nitrogens with zero attached hydrogens (tertiary/aromatic N) is 2. The summed E-state index contributed by atoms with van der Waals surface area (Å²) >= 11 is 0. The molecule has 1 aliphatic rings. The Morgan fingerprint density at radius 1 is 1.57 bits per heavy atom. The molecule has 1 heterocycles. The highest BCUT2D eigenvalue weighted by Gasteiger charge is 2.27. The Hall–Kier alpha value is -0.960. The molecule has 0 aromatic rings.